The Bertz CT molecular complexity index is 972. The monoisotopic (exact) mass is 422 g/mol. The maximum absolute atomic E-state index is 12.5. The van der Waals surface area contributed by atoms with Crippen LogP contribution in [0, 0.1) is 6.92 Å². The van der Waals surface area contributed by atoms with E-state index in [1.54, 1.807) is 18.2 Å². The maximum Gasteiger partial charge on any atom is 0.255 e. The van der Waals surface area contributed by atoms with Crippen molar-refractivity contribution in [3.8, 4) is 0 Å². The number of benzene rings is 2. The molecule has 2 amide bonds. The minimum atomic E-state index is -3.66. The van der Waals surface area contributed by atoms with E-state index < -0.39 is 21.8 Å². The molecule has 0 aromatic heterocycles. The summed E-state index contributed by atoms with van der Waals surface area (Å²) in [4.78, 5) is 24.4. The molecular formula is C17H15BrN2O4S. The smallest absolute Gasteiger partial charge is 0.255 e. The maximum atomic E-state index is 12.5. The second kappa shape index (κ2) is 6.61. The predicted molar refractivity (Wildman–Crippen MR) is 99.2 cm³/mol. The molecule has 8 heteroatoms. The number of hydrogen-bond acceptors (Lipinski definition) is 4. The van der Waals surface area contributed by atoms with Gasteiger partial charge in [0.15, 0.2) is 0 Å². The van der Waals surface area contributed by atoms with E-state index in [2.05, 4.69) is 21.2 Å². The lowest BCUT2D eigenvalue weighted by Crippen LogP contribution is -2.29. The van der Waals surface area contributed by atoms with Crippen molar-refractivity contribution < 1.29 is 18.0 Å². The molecule has 3 rings (SSSR count). The van der Waals surface area contributed by atoms with Gasteiger partial charge in [-0.05, 0) is 58.7 Å². The Morgan fingerprint density at radius 1 is 1.20 bits per heavy atom. The van der Waals surface area contributed by atoms with E-state index >= 15 is 0 Å². The Hall–Kier alpha value is -2.19. The number of halogens is 1. The summed E-state index contributed by atoms with van der Waals surface area (Å²) < 4.78 is 25.6. The minimum absolute atomic E-state index is 0.0466. The van der Waals surface area contributed by atoms with Gasteiger partial charge in [0.2, 0.25) is 15.9 Å². The number of carbonyl (C=O) groups excluding carboxylic acids is 2. The molecule has 0 unspecified atom stereocenters. The highest BCUT2D eigenvalue weighted by atomic mass is 79.9. The SMILES string of the molecule is Cc1ccc(NC(=O)c2cccc(N3C(=O)CCS3(=O)=O)c2)c(Br)c1. The lowest BCUT2D eigenvalue weighted by molar-refractivity contribution is -0.116. The number of nitrogens with zero attached hydrogens (tertiary/aromatic N) is 1. The molecule has 0 saturated carbocycles. The Labute approximate surface area is 154 Å². The normalized spacial score (nSPS) is 16.1. The van der Waals surface area contributed by atoms with Gasteiger partial charge in [-0.3, -0.25) is 9.59 Å². The van der Waals surface area contributed by atoms with Gasteiger partial charge < -0.3 is 5.32 Å². The number of amides is 2. The molecule has 0 aliphatic carbocycles. The molecule has 1 saturated heterocycles. The fourth-order valence-corrected chi connectivity index (χ4v) is 4.60. The molecule has 25 heavy (non-hydrogen) atoms. The predicted octanol–water partition coefficient (Wildman–Crippen LogP) is 3.08. The summed E-state index contributed by atoms with van der Waals surface area (Å²) >= 11 is 3.39. The number of rotatable bonds is 3. The Morgan fingerprint density at radius 3 is 2.60 bits per heavy atom. The second-order valence-electron chi connectivity index (χ2n) is 5.71. The molecule has 2 aromatic carbocycles. The zero-order chi connectivity index (χ0) is 18.2. The summed E-state index contributed by atoms with van der Waals surface area (Å²) in [5.74, 6) is -1.09. The first-order valence-electron chi connectivity index (χ1n) is 7.51. The lowest BCUT2D eigenvalue weighted by atomic mass is 10.1. The van der Waals surface area contributed by atoms with Crippen LogP contribution in [0.15, 0.2) is 46.9 Å². The van der Waals surface area contributed by atoms with Gasteiger partial charge in [-0.2, -0.15) is 0 Å². The molecule has 0 radical (unpaired) electrons. The standard InChI is InChI=1S/C17H15BrN2O4S/c1-11-5-6-15(14(18)9-11)19-17(22)12-3-2-4-13(10-12)20-16(21)7-8-25(20,23)24/h2-6,9-10H,7-8H2,1H3,(H,19,22). The first-order valence-corrected chi connectivity index (χ1v) is 9.91. The third kappa shape index (κ3) is 3.59. The van der Waals surface area contributed by atoms with E-state index in [0.29, 0.717) is 5.69 Å². The molecule has 0 spiro atoms. The number of carbonyl (C=O) groups is 2. The van der Waals surface area contributed by atoms with Crippen LogP contribution in [-0.4, -0.2) is 26.0 Å². The van der Waals surface area contributed by atoms with Crippen LogP contribution >= 0.6 is 15.9 Å². The molecule has 1 aliphatic rings. The van der Waals surface area contributed by atoms with Gasteiger partial charge in [-0.15, -0.1) is 0 Å². The van der Waals surface area contributed by atoms with Crippen LogP contribution in [-0.2, 0) is 14.8 Å². The van der Waals surface area contributed by atoms with Gasteiger partial charge in [0, 0.05) is 16.5 Å². The van der Waals surface area contributed by atoms with Crippen LogP contribution in [0.3, 0.4) is 0 Å². The molecule has 1 N–H and O–H groups in total. The van der Waals surface area contributed by atoms with E-state index in [9.17, 15) is 18.0 Å². The number of aryl methyl sites for hydroxylation is 1. The van der Waals surface area contributed by atoms with Crippen LogP contribution in [0.4, 0.5) is 11.4 Å². The van der Waals surface area contributed by atoms with E-state index in [1.165, 1.54) is 12.1 Å². The van der Waals surface area contributed by atoms with Gasteiger partial charge in [0.05, 0.1) is 17.1 Å². The summed E-state index contributed by atoms with van der Waals surface area (Å²) in [5.41, 5.74) is 2.09. The van der Waals surface area contributed by atoms with Crippen molar-refractivity contribution in [2.45, 2.75) is 13.3 Å². The van der Waals surface area contributed by atoms with Crippen molar-refractivity contribution in [2.75, 3.05) is 15.4 Å². The third-order valence-electron chi connectivity index (χ3n) is 3.79. The summed E-state index contributed by atoms with van der Waals surface area (Å²) in [6, 6.07) is 11.5. The number of nitrogens with one attached hydrogen (secondary N) is 1. The average Bonchev–Trinajstić information content (AvgIpc) is 2.83. The minimum Gasteiger partial charge on any atom is -0.321 e. The van der Waals surface area contributed by atoms with Crippen LogP contribution < -0.4 is 9.62 Å². The molecule has 1 fully saturated rings. The van der Waals surface area contributed by atoms with Crippen LogP contribution in [0.5, 0.6) is 0 Å². The van der Waals surface area contributed by atoms with Gasteiger partial charge >= 0.3 is 0 Å². The molecule has 130 valence electrons. The first-order chi connectivity index (χ1) is 11.8. The summed E-state index contributed by atoms with van der Waals surface area (Å²) in [6.07, 6.45) is -0.0466. The van der Waals surface area contributed by atoms with Crippen LogP contribution in [0.2, 0.25) is 0 Å². The second-order valence-corrected chi connectivity index (χ2v) is 8.50. The van der Waals surface area contributed by atoms with Gasteiger partial charge in [0.25, 0.3) is 5.91 Å². The number of hydrogen-bond donors (Lipinski definition) is 1. The van der Waals surface area contributed by atoms with E-state index in [-0.39, 0.29) is 23.4 Å². The van der Waals surface area contributed by atoms with Gasteiger partial charge in [-0.25, -0.2) is 12.7 Å². The zero-order valence-corrected chi connectivity index (χ0v) is 15.7. The van der Waals surface area contributed by atoms with Gasteiger partial charge in [-0.1, -0.05) is 12.1 Å². The third-order valence-corrected chi connectivity index (χ3v) is 6.14. The van der Waals surface area contributed by atoms with Crippen LogP contribution in [0.1, 0.15) is 22.3 Å². The quantitative estimate of drug-likeness (QED) is 0.823. The fraction of sp³-hybridized carbons (Fsp3) is 0.176. The number of anilines is 2. The van der Waals surface area contributed by atoms with Crippen molar-refractivity contribution in [1.29, 1.82) is 0 Å². The molecule has 0 atom stereocenters. The fourth-order valence-electron chi connectivity index (χ4n) is 2.56. The van der Waals surface area contributed by atoms with Crippen molar-refractivity contribution in [1.82, 2.24) is 0 Å². The Balaban J connectivity index is 1.89. The Kier molecular flexibility index (Phi) is 4.66. The highest BCUT2D eigenvalue weighted by molar-refractivity contribution is 9.10. The molecule has 1 aliphatic heterocycles. The van der Waals surface area contributed by atoms with E-state index in [1.807, 2.05) is 19.1 Å². The molecule has 2 aromatic rings. The first kappa shape index (κ1) is 17.6. The highest BCUT2D eigenvalue weighted by Gasteiger charge is 2.36. The molecular weight excluding hydrogens is 408 g/mol. The molecule has 0 bridgehead atoms. The summed E-state index contributed by atoms with van der Waals surface area (Å²) in [6.45, 7) is 1.94. The summed E-state index contributed by atoms with van der Waals surface area (Å²) in [5, 5.41) is 2.76. The summed E-state index contributed by atoms with van der Waals surface area (Å²) in [7, 11) is -3.66. The topological polar surface area (TPSA) is 83.6 Å². The van der Waals surface area contributed by atoms with Gasteiger partial charge in [0.1, 0.15) is 0 Å². The van der Waals surface area contributed by atoms with Crippen LogP contribution in [0.25, 0.3) is 0 Å². The Morgan fingerprint density at radius 2 is 1.96 bits per heavy atom. The van der Waals surface area contributed by atoms with E-state index in [4.69, 9.17) is 0 Å². The zero-order valence-electron chi connectivity index (χ0n) is 13.3. The molecule has 1 heterocycles. The van der Waals surface area contributed by atoms with E-state index in [0.717, 1.165) is 14.3 Å². The average molecular weight is 423 g/mol. The lowest BCUT2D eigenvalue weighted by Gasteiger charge is -2.16. The van der Waals surface area contributed by atoms with Crippen molar-refractivity contribution in [3.05, 3.63) is 58.1 Å². The molecule has 6 nitrogen and oxygen atoms in total. The van der Waals surface area contributed by atoms with Crippen molar-refractivity contribution >= 4 is 49.1 Å². The van der Waals surface area contributed by atoms with Crippen molar-refractivity contribution in [3.63, 3.8) is 0 Å². The number of sulfonamides is 1. The largest absolute Gasteiger partial charge is 0.321 e. The van der Waals surface area contributed by atoms with Crippen molar-refractivity contribution in [2.24, 2.45) is 0 Å². The highest BCUT2D eigenvalue weighted by Crippen LogP contribution is 2.27.